The number of aromatic hydroxyl groups is 2. The van der Waals surface area contributed by atoms with Crippen LogP contribution in [0.15, 0.2) is 34.3 Å². The lowest BCUT2D eigenvalue weighted by Crippen LogP contribution is -2.26. The van der Waals surface area contributed by atoms with Crippen LogP contribution >= 0.6 is 0 Å². The minimum Gasteiger partial charge on any atom is -0.507 e. The van der Waals surface area contributed by atoms with Gasteiger partial charge in [0, 0.05) is 47.1 Å². The molecule has 0 saturated heterocycles. The molecule has 0 heterocycles. The van der Waals surface area contributed by atoms with Crippen molar-refractivity contribution < 1.29 is 10.2 Å². The van der Waals surface area contributed by atoms with Gasteiger partial charge >= 0.3 is 0 Å². The van der Waals surface area contributed by atoms with Crippen molar-refractivity contribution in [3.8, 4) is 11.5 Å². The fourth-order valence-corrected chi connectivity index (χ4v) is 5.58. The van der Waals surface area contributed by atoms with Crippen LogP contribution < -0.4 is 0 Å². The average molecular weight is 561 g/mol. The van der Waals surface area contributed by atoms with E-state index in [1.165, 1.54) is 17.5 Å². The molecule has 0 bridgehead atoms. The Morgan fingerprint density at radius 1 is 0.634 bits per heavy atom. The number of rotatable bonds is 5. The highest BCUT2D eigenvalue weighted by Crippen LogP contribution is 2.39. The van der Waals surface area contributed by atoms with E-state index in [0.29, 0.717) is 24.0 Å². The Bertz CT molecular complexity index is 1270. The Morgan fingerprint density at radius 3 is 1.51 bits per heavy atom. The Morgan fingerprint density at radius 2 is 1.07 bits per heavy atom. The molecule has 3 rings (SSSR count). The van der Waals surface area contributed by atoms with E-state index in [2.05, 4.69) is 107 Å². The fraction of sp³-hybridized carbons (Fsp3) is 0.622. The second-order valence-corrected chi connectivity index (χ2v) is 16.3. The van der Waals surface area contributed by atoms with Crippen LogP contribution in [-0.4, -0.2) is 35.2 Å². The van der Waals surface area contributed by atoms with Crippen LogP contribution in [0.1, 0.15) is 142 Å². The number of phenolic OH excluding ortho intramolecular Hbond substituents is 2. The Kier molecular flexibility index (Phi) is 9.57. The number of nitrogens with zero attached hydrogens (tertiary/aromatic N) is 2. The third-order valence-corrected chi connectivity index (χ3v) is 8.47. The zero-order chi connectivity index (χ0) is 31.0. The number of phenols is 2. The van der Waals surface area contributed by atoms with E-state index < -0.39 is 0 Å². The lowest BCUT2D eigenvalue weighted by Gasteiger charge is -2.28. The van der Waals surface area contributed by atoms with Crippen molar-refractivity contribution in [2.75, 3.05) is 6.54 Å². The topological polar surface area (TPSA) is 65.2 Å². The molecule has 1 aliphatic rings. The molecular formula is C37H56N2O2. The second-order valence-electron chi connectivity index (χ2n) is 16.3. The molecule has 4 heteroatoms. The summed E-state index contributed by atoms with van der Waals surface area (Å²) in [6.45, 7) is 26.8. The van der Waals surface area contributed by atoms with E-state index in [9.17, 15) is 10.2 Å². The van der Waals surface area contributed by atoms with Crippen molar-refractivity contribution in [3.63, 3.8) is 0 Å². The van der Waals surface area contributed by atoms with Gasteiger partial charge in [0.1, 0.15) is 11.5 Å². The minimum absolute atomic E-state index is 0.0256. The summed E-state index contributed by atoms with van der Waals surface area (Å²) < 4.78 is 0. The SMILES string of the molecule is CC(C)(C)c1cc(/C=N/C[C@H]2CCCC[C@H]2/N=C/c2cc(C(C)(C)C)cc(C(C)(C)C)c2O)c(O)c(C(C)(C)C)c1. The summed E-state index contributed by atoms with van der Waals surface area (Å²) >= 11 is 0. The van der Waals surface area contributed by atoms with Crippen LogP contribution in [0.4, 0.5) is 0 Å². The van der Waals surface area contributed by atoms with Gasteiger partial charge in [-0.2, -0.15) is 0 Å². The predicted octanol–water partition coefficient (Wildman–Crippen LogP) is 9.38. The summed E-state index contributed by atoms with van der Waals surface area (Å²) in [5, 5.41) is 22.4. The number of hydrogen-bond donors (Lipinski definition) is 2. The van der Waals surface area contributed by atoms with Crippen molar-refractivity contribution >= 4 is 12.4 Å². The summed E-state index contributed by atoms with van der Waals surface area (Å²) in [5.74, 6) is 1.00. The van der Waals surface area contributed by atoms with E-state index in [-0.39, 0.29) is 27.7 Å². The van der Waals surface area contributed by atoms with Gasteiger partial charge in [0.15, 0.2) is 0 Å². The molecule has 0 spiro atoms. The first-order valence-electron chi connectivity index (χ1n) is 15.5. The molecule has 0 unspecified atom stereocenters. The molecule has 226 valence electrons. The summed E-state index contributed by atoms with van der Waals surface area (Å²) in [6, 6.07) is 8.65. The first kappa shape index (κ1) is 32.9. The van der Waals surface area contributed by atoms with Gasteiger partial charge in [-0.3, -0.25) is 9.98 Å². The van der Waals surface area contributed by atoms with Crippen LogP contribution in [0.2, 0.25) is 0 Å². The predicted molar refractivity (Wildman–Crippen MR) is 177 cm³/mol. The molecule has 2 aromatic rings. The van der Waals surface area contributed by atoms with E-state index in [1.807, 2.05) is 12.4 Å². The van der Waals surface area contributed by atoms with Crippen LogP contribution in [0.5, 0.6) is 11.5 Å². The van der Waals surface area contributed by atoms with Gasteiger partial charge in [0.2, 0.25) is 0 Å². The fourth-order valence-electron chi connectivity index (χ4n) is 5.58. The Hall–Kier alpha value is -2.62. The molecule has 1 fully saturated rings. The van der Waals surface area contributed by atoms with Crippen LogP contribution in [0.3, 0.4) is 0 Å². The molecule has 0 amide bonds. The molecule has 4 nitrogen and oxygen atoms in total. The standard InChI is InChI=1S/C37H56N2O2/c1-34(2,3)27-17-25(32(40)29(19-27)36(7,8)9)22-38-21-24-15-13-14-16-31(24)39-23-26-18-28(35(4,5)6)20-30(33(26)41)37(10,11)12/h17-20,22-24,31,40-41H,13-16,21H2,1-12H3/b38-22+,39-23+/t24-,31-/m1/s1. The lowest BCUT2D eigenvalue weighted by molar-refractivity contribution is 0.318. The Labute approximate surface area is 250 Å². The lowest BCUT2D eigenvalue weighted by atomic mass is 9.79. The molecular weight excluding hydrogens is 504 g/mol. The first-order valence-corrected chi connectivity index (χ1v) is 15.5. The van der Waals surface area contributed by atoms with Crippen molar-refractivity contribution in [2.45, 2.75) is 136 Å². The van der Waals surface area contributed by atoms with E-state index in [4.69, 9.17) is 9.98 Å². The van der Waals surface area contributed by atoms with Crippen LogP contribution in [0.25, 0.3) is 0 Å². The molecule has 2 aromatic carbocycles. The number of benzene rings is 2. The molecule has 1 saturated carbocycles. The van der Waals surface area contributed by atoms with Gasteiger partial charge in [0.05, 0.1) is 6.04 Å². The van der Waals surface area contributed by atoms with Gasteiger partial charge < -0.3 is 10.2 Å². The maximum atomic E-state index is 11.2. The van der Waals surface area contributed by atoms with Gasteiger partial charge in [-0.25, -0.2) is 0 Å². The zero-order valence-corrected chi connectivity index (χ0v) is 27.9. The third kappa shape index (κ3) is 8.23. The highest BCUT2D eigenvalue weighted by Gasteiger charge is 2.27. The monoisotopic (exact) mass is 560 g/mol. The summed E-state index contributed by atoms with van der Waals surface area (Å²) in [5.41, 5.74) is 5.53. The van der Waals surface area contributed by atoms with Crippen LogP contribution in [-0.2, 0) is 21.7 Å². The van der Waals surface area contributed by atoms with Crippen molar-refractivity contribution in [1.82, 2.24) is 0 Å². The number of aliphatic imine (C=N–C) groups is 2. The maximum absolute atomic E-state index is 11.2. The van der Waals surface area contributed by atoms with Crippen molar-refractivity contribution in [2.24, 2.45) is 15.9 Å². The molecule has 0 aliphatic heterocycles. The Balaban J connectivity index is 1.90. The summed E-state index contributed by atoms with van der Waals surface area (Å²) in [7, 11) is 0. The van der Waals surface area contributed by atoms with Gasteiger partial charge in [-0.1, -0.05) is 108 Å². The summed E-state index contributed by atoms with van der Waals surface area (Å²) in [6.07, 6.45) is 8.23. The van der Waals surface area contributed by atoms with Crippen molar-refractivity contribution in [1.29, 1.82) is 0 Å². The smallest absolute Gasteiger partial charge is 0.128 e. The normalized spacial score (nSPS) is 19.4. The van der Waals surface area contributed by atoms with Gasteiger partial charge in [-0.15, -0.1) is 0 Å². The van der Waals surface area contributed by atoms with Gasteiger partial charge in [0.25, 0.3) is 0 Å². The first-order chi connectivity index (χ1) is 18.7. The molecule has 0 radical (unpaired) electrons. The molecule has 41 heavy (non-hydrogen) atoms. The minimum atomic E-state index is -0.168. The highest BCUT2D eigenvalue weighted by atomic mass is 16.3. The van der Waals surface area contributed by atoms with E-state index in [1.54, 1.807) is 0 Å². The summed E-state index contributed by atoms with van der Waals surface area (Å²) in [4.78, 5) is 9.95. The third-order valence-electron chi connectivity index (χ3n) is 8.47. The molecule has 1 aliphatic carbocycles. The number of hydrogen-bond acceptors (Lipinski definition) is 4. The van der Waals surface area contributed by atoms with E-state index in [0.717, 1.165) is 41.5 Å². The van der Waals surface area contributed by atoms with E-state index >= 15 is 0 Å². The average Bonchev–Trinajstić information content (AvgIpc) is 2.82. The van der Waals surface area contributed by atoms with Gasteiger partial charge in [-0.05, 0) is 57.8 Å². The largest absolute Gasteiger partial charge is 0.507 e. The zero-order valence-electron chi connectivity index (χ0n) is 27.9. The quantitative estimate of drug-likeness (QED) is 0.358. The highest BCUT2D eigenvalue weighted by molar-refractivity contribution is 5.86. The molecule has 2 N–H and O–H groups in total. The van der Waals surface area contributed by atoms with Crippen LogP contribution in [0, 0.1) is 5.92 Å². The van der Waals surface area contributed by atoms with Crippen molar-refractivity contribution in [3.05, 3.63) is 57.6 Å². The maximum Gasteiger partial charge on any atom is 0.128 e. The molecule has 2 atom stereocenters. The molecule has 0 aromatic heterocycles. The second kappa shape index (κ2) is 11.9.